The minimum absolute atomic E-state index is 0.359. The molecule has 0 saturated carbocycles. The van der Waals surface area contributed by atoms with Gasteiger partial charge < -0.3 is 10.1 Å². The molecule has 0 bridgehead atoms. The van der Waals surface area contributed by atoms with Crippen LogP contribution in [-0.4, -0.2) is 23.5 Å². The predicted octanol–water partition coefficient (Wildman–Crippen LogP) is 3.94. The lowest BCUT2D eigenvalue weighted by molar-refractivity contribution is -0.140. The highest BCUT2D eigenvalue weighted by atomic mass is 19.4. The Morgan fingerprint density at radius 2 is 1.74 bits per heavy atom. The molecule has 0 aromatic heterocycles. The summed E-state index contributed by atoms with van der Waals surface area (Å²) in [5.41, 5.74) is -2.68. The fourth-order valence-corrected chi connectivity index (χ4v) is 1.70. The molecule has 4 nitrogen and oxygen atoms in total. The van der Waals surface area contributed by atoms with Crippen molar-refractivity contribution in [3.8, 4) is 0 Å². The number of carbonyl (C=O) groups excluding carboxylic acids is 2. The van der Waals surface area contributed by atoms with Crippen LogP contribution in [0.2, 0.25) is 0 Å². The van der Waals surface area contributed by atoms with E-state index in [4.69, 9.17) is 4.74 Å². The summed E-state index contributed by atoms with van der Waals surface area (Å²) < 4.78 is 56.1. The molecule has 0 aliphatic carbocycles. The molecule has 1 N–H and O–H groups in total. The fraction of sp³-hybridized carbons (Fsp3) is 0.467. The number of alkyl halides is 3. The minimum atomic E-state index is -4.91. The van der Waals surface area contributed by atoms with E-state index in [1.165, 1.54) is 6.92 Å². The molecule has 0 spiro atoms. The van der Waals surface area contributed by atoms with Crippen LogP contribution in [0.4, 0.5) is 22.4 Å². The molecule has 1 rings (SSSR count). The zero-order chi connectivity index (χ0) is 18.0. The van der Waals surface area contributed by atoms with E-state index in [1.807, 2.05) is 0 Å². The lowest BCUT2D eigenvalue weighted by Crippen LogP contribution is -2.41. The normalized spacial score (nSPS) is 13.4. The third-order valence-electron chi connectivity index (χ3n) is 2.68. The van der Waals surface area contributed by atoms with Crippen LogP contribution in [0.25, 0.3) is 0 Å². The van der Waals surface area contributed by atoms with E-state index < -0.39 is 41.1 Å². The molecule has 0 aliphatic rings. The van der Waals surface area contributed by atoms with Gasteiger partial charge in [0.2, 0.25) is 0 Å². The van der Waals surface area contributed by atoms with E-state index in [0.29, 0.717) is 12.1 Å². The van der Waals surface area contributed by atoms with Crippen LogP contribution in [0, 0.1) is 5.82 Å². The van der Waals surface area contributed by atoms with Gasteiger partial charge in [-0.3, -0.25) is 4.79 Å². The highest BCUT2D eigenvalue weighted by Crippen LogP contribution is 2.32. The first-order valence-corrected chi connectivity index (χ1v) is 6.72. The number of halogens is 4. The van der Waals surface area contributed by atoms with Crippen LogP contribution in [-0.2, 0) is 10.9 Å². The molecular weight excluding hydrogens is 318 g/mol. The quantitative estimate of drug-likeness (QED) is 0.672. The van der Waals surface area contributed by atoms with Crippen molar-refractivity contribution in [2.45, 2.75) is 45.5 Å². The van der Waals surface area contributed by atoms with Gasteiger partial charge in [-0.15, -0.1) is 0 Å². The lowest BCUT2D eigenvalue weighted by atomic mass is 10.0. The highest BCUT2D eigenvalue weighted by molar-refractivity contribution is 6.01. The van der Waals surface area contributed by atoms with Gasteiger partial charge in [0.15, 0.2) is 5.78 Å². The van der Waals surface area contributed by atoms with Crippen LogP contribution >= 0.6 is 0 Å². The maximum absolute atomic E-state index is 13.2. The summed E-state index contributed by atoms with van der Waals surface area (Å²) in [6.45, 7) is 6.15. The van der Waals surface area contributed by atoms with Gasteiger partial charge in [-0.2, -0.15) is 13.2 Å². The number of hydrogen-bond acceptors (Lipinski definition) is 3. The van der Waals surface area contributed by atoms with Crippen molar-refractivity contribution in [1.29, 1.82) is 0 Å². The van der Waals surface area contributed by atoms with E-state index in [-0.39, 0.29) is 5.56 Å². The van der Waals surface area contributed by atoms with Gasteiger partial charge >= 0.3 is 12.3 Å². The van der Waals surface area contributed by atoms with Gasteiger partial charge in [-0.05, 0) is 45.9 Å². The van der Waals surface area contributed by atoms with Gasteiger partial charge in [0.05, 0.1) is 11.6 Å². The van der Waals surface area contributed by atoms with Gasteiger partial charge in [0, 0.05) is 5.56 Å². The maximum Gasteiger partial charge on any atom is 0.419 e. The minimum Gasteiger partial charge on any atom is -0.444 e. The smallest absolute Gasteiger partial charge is 0.419 e. The molecule has 0 heterocycles. The molecule has 0 saturated heterocycles. The number of ketones is 1. The van der Waals surface area contributed by atoms with Gasteiger partial charge in [-0.25, -0.2) is 9.18 Å². The molecule has 1 aromatic carbocycles. The molecule has 0 radical (unpaired) electrons. The monoisotopic (exact) mass is 335 g/mol. The standard InChI is InChI=1S/C15H17F4NO3/c1-8(20-13(22)23-14(2,3)4)12(21)9-5-6-11(16)10(7-9)15(17,18)19/h5-8H,1-4H3,(H,20,22). The van der Waals surface area contributed by atoms with E-state index in [2.05, 4.69) is 5.32 Å². The zero-order valence-corrected chi connectivity index (χ0v) is 13.0. The van der Waals surface area contributed by atoms with E-state index in [9.17, 15) is 27.2 Å². The van der Waals surface area contributed by atoms with Crippen molar-refractivity contribution in [3.63, 3.8) is 0 Å². The summed E-state index contributed by atoms with van der Waals surface area (Å²) in [5.74, 6) is -2.26. The van der Waals surface area contributed by atoms with E-state index in [0.717, 1.165) is 6.07 Å². The molecular formula is C15H17F4NO3. The van der Waals surface area contributed by atoms with Crippen LogP contribution in [0.3, 0.4) is 0 Å². The van der Waals surface area contributed by atoms with Gasteiger partial charge in [0.1, 0.15) is 11.4 Å². The molecule has 23 heavy (non-hydrogen) atoms. The van der Waals surface area contributed by atoms with E-state index in [1.54, 1.807) is 20.8 Å². The van der Waals surface area contributed by atoms with Crippen LogP contribution in [0.15, 0.2) is 18.2 Å². The Bertz CT molecular complexity index is 606. The average Bonchev–Trinajstić information content (AvgIpc) is 2.34. The molecule has 128 valence electrons. The molecule has 0 fully saturated rings. The summed E-state index contributed by atoms with van der Waals surface area (Å²) in [6, 6.07) is 0.790. The molecule has 8 heteroatoms. The van der Waals surface area contributed by atoms with Gasteiger partial charge in [0.25, 0.3) is 0 Å². The molecule has 0 aliphatic heterocycles. The third kappa shape index (κ3) is 5.54. The Kier molecular flexibility index (Phi) is 5.39. The fourth-order valence-electron chi connectivity index (χ4n) is 1.70. The number of nitrogens with one attached hydrogen (secondary N) is 1. The van der Waals surface area contributed by atoms with Crippen LogP contribution in [0.5, 0.6) is 0 Å². The summed E-state index contributed by atoms with van der Waals surface area (Å²) in [7, 11) is 0. The molecule has 1 atom stereocenters. The topological polar surface area (TPSA) is 55.4 Å². The Hall–Kier alpha value is -2.12. The average molecular weight is 335 g/mol. The van der Waals surface area contributed by atoms with Crippen molar-refractivity contribution >= 4 is 11.9 Å². The Morgan fingerprint density at radius 1 is 1.17 bits per heavy atom. The summed E-state index contributed by atoms with van der Waals surface area (Å²) in [5, 5.41) is 2.22. The number of ether oxygens (including phenoxy) is 1. The third-order valence-corrected chi connectivity index (χ3v) is 2.68. The number of rotatable bonds is 3. The Labute approximate surface area is 130 Å². The lowest BCUT2D eigenvalue weighted by Gasteiger charge is -2.21. The number of amides is 1. The summed E-state index contributed by atoms with van der Waals surface area (Å²) in [4.78, 5) is 23.6. The maximum atomic E-state index is 13.2. The summed E-state index contributed by atoms with van der Waals surface area (Å²) >= 11 is 0. The first kappa shape index (κ1) is 18.9. The van der Waals surface area contributed by atoms with Crippen molar-refractivity contribution in [2.24, 2.45) is 0 Å². The molecule has 1 amide bonds. The largest absolute Gasteiger partial charge is 0.444 e. The number of benzene rings is 1. The first-order valence-electron chi connectivity index (χ1n) is 6.72. The summed E-state index contributed by atoms with van der Waals surface area (Å²) in [6.07, 6.45) is -5.79. The first-order chi connectivity index (χ1) is 10.3. The second kappa shape index (κ2) is 6.55. The van der Waals surface area contributed by atoms with Crippen LogP contribution in [0.1, 0.15) is 43.6 Å². The molecule has 1 unspecified atom stereocenters. The number of Topliss-reactive ketones (excluding diaryl/α,β-unsaturated/α-hetero) is 1. The highest BCUT2D eigenvalue weighted by Gasteiger charge is 2.35. The zero-order valence-electron chi connectivity index (χ0n) is 13.0. The van der Waals surface area contributed by atoms with Crippen molar-refractivity contribution in [2.75, 3.05) is 0 Å². The van der Waals surface area contributed by atoms with E-state index >= 15 is 0 Å². The Balaban J connectivity index is 2.91. The predicted molar refractivity (Wildman–Crippen MR) is 74.6 cm³/mol. The number of hydrogen-bond donors (Lipinski definition) is 1. The van der Waals surface area contributed by atoms with Crippen molar-refractivity contribution in [1.82, 2.24) is 5.32 Å². The van der Waals surface area contributed by atoms with Crippen molar-refractivity contribution in [3.05, 3.63) is 35.1 Å². The number of carbonyl (C=O) groups is 2. The SMILES string of the molecule is CC(NC(=O)OC(C)(C)C)C(=O)c1ccc(F)c(C(F)(F)F)c1. The molecule has 1 aromatic rings. The van der Waals surface area contributed by atoms with Crippen LogP contribution < -0.4 is 5.32 Å². The van der Waals surface area contributed by atoms with Gasteiger partial charge in [-0.1, -0.05) is 0 Å². The van der Waals surface area contributed by atoms with Crippen molar-refractivity contribution < 1.29 is 31.9 Å². The number of alkyl carbamates (subject to hydrolysis) is 1. The Morgan fingerprint density at radius 3 is 2.22 bits per heavy atom. The second-order valence-electron chi connectivity index (χ2n) is 5.92. The second-order valence-corrected chi connectivity index (χ2v) is 5.92.